The highest BCUT2D eigenvalue weighted by molar-refractivity contribution is 4.76. The summed E-state index contributed by atoms with van der Waals surface area (Å²) < 4.78 is 0. The Morgan fingerprint density at radius 1 is 1.80 bits per heavy atom. The quantitative estimate of drug-likeness (QED) is 0.375. The van der Waals surface area contributed by atoms with Crippen molar-refractivity contribution in [2.45, 2.75) is 13.0 Å². The molecule has 32 valence electrons. The van der Waals surface area contributed by atoms with Crippen LogP contribution in [0.2, 0.25) is 0 Å². The Bertz CT molecular complexity index is 26.1. The van der Waals surface area contributed by atoms with Crippen molar-refractivity contribution >= 4 is 0 Å². The lowest BCUT2D eigenvalue weighted by molar-refractivity contribution is 0.824. The van der Waals surface area contributed by atoms with Gasteiger partial charge in [-0.15, -0.1) is 0 Å². The molecule has 1 saturated heterocycles. The van der Waals surface area contributed by atoms with Gasteiger partial charge in [0.2, 0.25) is 0 Å². The molecule has 0 aromatic heterocycles. The van der Waals surface area contributed by atoms with Crippen LogP contribution >= 0.6 is 0 Å². The molecule has 0 amide bonds. The normalized spacial score (nSPS) is 31.8. The van der Waals surface area contributed by atoms with Crippen molar-refractivity contribution in [2.75, 3.05) is 6.54 Å². The molecule has 0 spiro atoms. The van der Waals surface area contributed by atoms with Gasteiger partial charge in [-0.1, -0.05) is 0 Å². The molecule has 0 aromatic carbocycles. The summed E-state index contributed by atoms with van der Waals surface area (Å²) in [6, 6.07) is 0.833. The van der Waals surface area contributed by atoms with Crippen molar-refractivity contribution in [2.24, 2.45) is 0 Å². The summed E-state index contributed by atoms with van der Waals surface area (Å²) in [5.41, 5.74) is 0. The zero-order valence-corrected chi connectivity index (χ0v) is 3.28. The van der Waals surface area contributed by atoms with Crippen LogP contribution in [0.4, 0.5) is 0 Å². The lowest BCUT2D eigenvalue weighted by Crippen LogP contribution is -1.72. The molecule has 5 heavy (non-hydrogen) atoms. The van der Waals surface area contributed by atoms with Gasteiger partial charge in [-0.3, -0.25) is 0 Å². The van der Waals surface area contributed by atoms with Gasteiger partial charge < -0.3 is 10.8 Å². The third-order valence-electron chi connectivity index (χ3n) is 0.612. The standard InChI is InChI=1S/C3H7N.H2O/c1-3-2-4-3;/h3-4H,2H2,1H3;1H2. The number of rotatable bonds is 0. The van der Waals surface area contributed by atoms with Crippen molar-refractivity contribution < 1.29 is 5.48 Å². The summed E-state index contributed by atoms with van der Waals surface area (Å²) in [6.07, 6.45) is 0. The van der Waals surface area contributed by atoms with Crippen LogP contribution in [0.25, 0.3) is 0 Å². The van der Waals surface area contributed by atoms with E-state index < -0.39 is 0 Å². The van der Waals surface area contributed by atoms with E-state index in [9.17, 15) is 0 Å². The van der Waals surface area contributed by atoms with E-state index in [2.05, 4.69) is 12.2 Å². The van der Waals surface area contributed by atoms with Crippen molar-refractivity contribution in [3.8, 4) is 0 Å². The van der Waals surface area contributed by atoms with Crippen LogP contribution in [0.3, 0.4) is 0 Å². The highest BCUT2D eigenvalue weighted by Gasteiger charge is 2.10. The molecule has 2 nitrogen and oxygen atoms in total. The summed E-state index contributed by atoms with van der Waals surface area (Å²) in [6.45, 7) is 3.40. The van der Waals surface area contributed by atoms with Crippen LogP contribution in [0.15, 0.2) is 0 Å². The zero-order valence-electron chi connectivity index (χ0n) is 3.28. The van der Waals surface area contributed by atoms with Gasteiger partial charge in [0.1, 0.15) is 0 Å². The van der Waals surface area contributed by atoms with E-state index in [1.807, 2.05) is 0 Å². The maximum absolute atomic E-state index is 3.10. The molecule has 0 saturated carbocycles. The number of nitrogens with one attached hydrogen (secondary N) is 1. The minimum Gasteiger partial charge on any atom is -0.412 e. The van der Waals surface area contributed by atoms with E-state index in [0.717, 1.165) is 6.04 Å². The second-order valence-corrected chi connectivity index (χ2v) is 1.31. The van der Waals surface area contributed by atoms with Crippen molar-refractivity contribution in [3.05, 3.63) is 0 Å². The van der Waals surface area contributed by atoms with E-state index in [4.69, 9.17) is 0 Å². The summed E-state index contributed by atoms with van der Waals surface area (Å²) in [7, 11) is 0. The van der Waals surface area contributed by atoms with E-state index in [1.165, 1.54) is 6.54 Å². The Balaban J connectivity index is 0.000000160. The lowest BCUT2D eigenvalue weighted by Gasteiger charge is -1.53. The molecule has 1 aliphatic heterocycles. The average Bonchev–Trinajstić information content (AvgIpc) is 1.75. The first kappa shape index (κ1) is 4.92. The van der Waals surface area contributed by atoms with Gasteiger partial charge in [0, 0.05) is 12.6 Å². The van der Waals surface area contributed by atoms with Crippen molar-refractivity contribution in [1.82, 2.24) is 5.32 Å². The molecule has 1 fully saturated rings. The molecular weight excluding hydrogens is 66.0 g/mol. The Hall–Kier alpha value is -0.0800. The minimum atomic E-state index is 0. The van der Waals surface area contributed by atoms with Crippen molar-refractivity contribution in [3.63, 3.8) is 0 Å². The Morgan fingerprint density at radius 3 is 2.00 bits per heavy atom. The summed E-state index contributed by atoms with van der Waals surface area (Å²) in [5, 5.41) is 3.10. The summed E-state index contributed by atoms with van der Waals surface area (Å²) >= 11 is 0. The number of hydrogen-bond donors (Lipinski definition) is 1. The second-order valence-electron chi connectivity index (χ2n) is 1.31. The molecular formula is C3H9NO. The lowest BCUT2D eigenvalue weighted by atomic mass is 10.6. The highest BCUT2D eigenvalue weighted by Crippen LogP contribution is 1.88. The van der Waals surface area contributed by atoms with Crippen LogP contribution in [-0.4, -0.2) is 18.1 Å². The molecule has 0 aromatic rings. The van der Waals surface area contributed by atoms with E-state index in [0.29, 0.717) is 0 Å². The average molecular weight is 75.1 g/mol. The van der Waals surface area contributed by atoms with Crippen LogP contribution in [0.5, 0.6) is 0 Å². The smallest absolute Gasteiger partial charge is 0.0164 e. The fourth-order valence-electron chi connectivity index (χ4n) is 0.118. The van der Waals surface area contributed by atoms with Crippen LogP contribution in [0.1, 0.15) is 6.92 Å². The van der Waals surface area contributed by atoms with Gasteiger partial charge in [0.15, 0.2) is 0 Å². The fourth-order valence-corrected chi connectivity index (χ4v) is 0.118. The maximum atomic E-state index is 3.10. The maximum Gasteiger partial charge on any atom is 0.0164 e. The van der Waals surface area contributed by atoms with Crippen LogP contribution in [0, 0.1) is 0 Å². The number of hydrogen-bond acceptors (Lipinski definition) is 1. The molecule has 1 atom stereocenters. The highest BCUT2D eigenvalue weighted by atomic mass is 16.0. The van der Waals surface area contributed by atoms with Crippen molar-refractivity contribution in [1.29, 1.82) is 0 Å². The van der Waals surface area contributed by atoms with Gasteiger partial charge >= 0.3 is 0 Å². The molecule has 0 radical (unpaired) electrons. The molecule has 2 heteroatoms. The first-order valence-corrected chi connectivity index (χ1v) is 1.63. The largest absolute Gasteiger partial charge is 0.412 e. The SMILES string of the molecule is CC1CN1.O. The Morgan fingerprint density at radius 2 is 2.00 bits per heavy atom. The Kier molecular flexibility index (Phi) is 1.36. The Labute approximate surface area is 31.5 Å². The molecule has 1 aliphatic rings. The first-order valence-electron chi connectivity index (χ1n) is 1.63. The van der Waals surface area contributed by atoms with Gasteiger partial charge in [-0.25, -0.2) is 0 Å². The summed E-state index contributed by atoms with van der Waals surface area (Å²) in [5.74, 6) is 0. The molecule has 0 aliphatic carbocycles. The van der Waals surface area contributed by atoms with E-state index in [-0.39, 0.29) is 5.48 Å². The fraction of sp³-hybridized carbons (Fsp3) is 1.00. The van der Waals surface area contributed by atoms with Gasteiger partial charge in [-0.05, 0) is 6.92 Å². The molecule has 1 rings (SSSR count). The topological polar surface area (TPSA) is 53.4 Å². The zero-order chi connectivity index (χ0) is 2.99. The van der Waals surface area contributed by atoms with Gasteiger partial charge in [0.25, 0.3) is 0 Å². The molecule has 1 heterocycles. The van der Waals surface area contributed by atoms with Crippen LogP contribution < -0.4 is 5.32 Å². The monoisotopic (exact) mass is 75.1 g/mol. The third-order valence-corrected chi connectivity index (χ3v) is 0.612. The van der Waals surface area contributed by atoms with Gasteiger partial charge in [0.05, 0.1) is 0 Å². The second kappa shape index (κ2) is 1.38. The molecule has 3 N–H and O–H groups in total. The predicted octanol–water partition coefficient (Wildman–Crippen LogP) is -0.847. The van der Waals surface area contributed by atoms with Crippen LogP contribution in [-0.2, 0) is 0 Å². The van der Waals surface area contributed by atoms with E-state index in [1.54, 1.807) is 0 Å². The predicted molar refractivity (Wildman–Crippen MR) is 21.1 cm³/mol. The minimum absolute atomic E-state index is 0. The summed E-state index contributed by atoms with van der Waals surface area (Å²) in [4.78, 5) is 0. The molecule has 0 bridgehead atoms. The molecule has 1 unspecified atom stereocenters. The third kappa shape index (κ3) is 1.69. The van der Waals surface area contributed by atoms with E-state index >= 15 is 0 Å². The van der Waals surface area contributed by atoms with Gasteiger partial charge in [-0.2, -0.15) is 0 Å². The first-order chi connectivity index (χ1) is 1.89.